The van der Waals surface area contributed by atoms with Crippen LogP contribution in [0.25, 0.3) is 0 Å². The summed E-state index contributed by atoms with van der Waals surface area (Å²) in [5, 5.41) is 3.33. The highest BCUT2D eigenvalue weighted by Crippen LogP contribution is 2.47. The number of rotatable bonds is 3. The van der Waals surface area contributed by atoms with Crippen molar-refractivity contribution in [2.45, 2.75) is 56.6 Å². The van der Waals surface area contributed by atoms with Gasteiger partial charge in [0.2, 0.25) is 5.91 Å². The van der Waals surface area contributed by atoms with E-state index in [0.29, 0.717) is 32.6 Å². The number of fused-ring (bicyclic) bond motifs is 1. The maximum absolute atomic E-state index is 13.1. The van der Waals surface area contributed by atoms with Crippen LogP contribution in [-0.2, 0) is 9.53 Å². The zero-order valence-electron chi connectivity index (χ0n) is 14.8. The Bertz CT molecular complexity index is 634. The number of carbonyl (C=O) groups excluding carboxylic acids is 1. The van der Waals surface area contributed by atoms with Crippen LogP contribution in [0, 0.1) is 5.41 Å². The monoisotopic (exact) mass is 344 g/mol. The second-order valence-corrected chi connectivity index (χ2v) is 7.86. The third-order valence-corrected chi connectivity index (χ3v) is 6.34. The van der Waals surface area contributed by atoms with Crippen LogP contribution >= 0.6 is 0 Å². The van der Waals surface area contributed by atoms with Crippen LogP contribution in [0.5, 0.6) is 5.75 Å². The van der Waals surface area contributed by atoms with Crippen molar-refractivity contribution in [3.8, 4) is 5.75 Å². The molecule has 0 radical (unpaired) electrons. The average Bonchev–Trinajstić information content (AvgIpc) is 3.09. The van der Waals surface area contributed by atoms with Crippen LogP contribution in [0.15, 0.2) is 24.3 Å². The Morgan fingerprint density at radius 2 is 1.88 bits per heavy atom. The van der Waals surface area contributed by atoms with E-state index in [9.17, 15) is 4.79 Å². The van der Waals surface area contributed by atoms with Gasteiger partial charge in [-0.2, -0.15) is 0 Å². The Morgan fingerprint density at radius 1 is 1.16 bits per heavy atom. The molecule has 1 atom stereocenters. The van der Waals surface area contributed by atoms with Gasteiger partial charge in [-0.1, -0.05) is 18.2 Å². The average molecular weight is 344 g/mol. The quantitative estimate of drug-likeness (QED) is 0.884. The van der Waals surface area contributed by atoms with Crippen LogP contribution in [0.3, 0.4) is 0 Å². The molecule has 4 rings (SSSR count). The number of para-hydroxylation sites is 1. The summed E-state index contributed by atoms with van der Waals surface area (Å²) in [6.07, 6.45) is 6.80. The first-order chi connectivity index (χ1) is 12.2. The summed E-state index contributed by atoms with van der Waals surface area (Å²) in [5.74, 6) is 1.00. The van der Waals surface area contributed by atoms with Crippen LogP contribution in [-0.4, -0.2) is 31.3 Å². The molecule has 1 amide bonds. The number of ether oxygens (including phenoxy) is 2. The van der Waals surface area contributed by atoms with E-state index in [0.717, 1.165) is 30.6 Å². The second-order valence-electron chi connectivity index (χ2n) is 7.86. The van der Waals surface area contributed by atoms with Crippen LogP contribution < -0.4 is 15.8 Å². The summed E-state index contributed by atoms with van der Waals surface area (Å²) in [7, 11) is 0. The maximum atomic E-state index is 13.1. The number of nitrogens with two attached hydrogens (primary N) is 1. The zero-order valence-corrected chi connectivity index (χ0v) is 14.8. The van der Waals surface area contributed by atoms with E-state index in [1.54, 1.807) is 0 Å². The molecule has 1 unspecified atom stereocenters. The molecule has 1 aliphatic carbocycles. The number of nitrogens with one attached hydrogen (secondary N) is 1. The predicted molar refractivity (Wildman–Crippen MR) is 95.3 cm³/mol. The van der Waals surface area contributed by atoms with Crippen molar-refractivity contribution in [2.75, 3.05) is 19.8 Å². The van der Waals surface area contributed by atoms with Gasteiger partial charge in [0.1, 0.15) is 11.4 Å². The summed E-state index contributed by atoms with van der Waals surface area (Å²) in [4.78, 5) is 13.1. The number of amides is 1. The Morgan fingerprint density at radius 3 is 2.60 bits per heavy atom. The normalized spacial score (nSPS) is 26.7. The SMILES string of the molecule is NCC1(C(=O)NC2CC3(CCCC3)Oc3ccccc32)CCOCC1. The lowest BCUT2D eigenvalue weighted by molar-refractivity contribution is -0.137. The molecular formula is C20H28N2O3. The summed E-state index contributed by atoms with van der Waals surface area (Å²) in [6, 6.07) is 8.12. The van der Waals surface area contributed by atoms with Crippen molar-refractivity contribution in [1.29, 1.82) is 0 Å². The van der Waals surface area contributed by atoms with Crippen molar-refractivity contribution >= 4 is 5.91 Å². The highest BCUT2D eigenvalue weighted by atomic mass is 16.5. The first-order valence-electron chi connectivity index (χ1n) is 9.53. The molecule has 25 heavy (non-hydrogen) atoms. The van der Waals surface area contributed by atoms with Gasteiger partial charge in [0, 0.05) is 31.7 Å². The fraction of sp³-hybridized carbons (Fsp3) is 0.650. The summed E-state index contributed by atoms with van der Waals surface area (Å²) in [5.41, 5.74) is 6.50. The third kappa shape index (κ3) is 3.04. The van der Waals surface area contributed by atoms with Crippen molar-refractivity contribution in [1.82, 2.24) is 5.32 Å². The smallest absolute Gasteiger partial charge is 0.228 e. The summed E-state index contributed by atoms with van der Waals surface area (Å²) < 4.78 is 11.8. The van der Waals surface area contributed by atoms with E-state index in [1.807, 2.05) is 18.2 Å². The van der Waals surface area contributed by atoms with E-state index < -0.39 is 5.41 Å². The van der Waals surface area contributed by atoms with E-state index in [4.69, 9.17) is 15.2 Å². The minimum atomic E-state index is -0.492. The molecule has 2 heterocycles. The topological polar surface area (TPSA) is 73.6 Å². The van der Waals surface area contributed by atoms with Gasteiger partial charge in [-0.05, 0) is 44.6 Å². The van der Waals surface area contributed by atoms with Crippen LogP contribution in [0.1, 0.15) is 56.6 Å². The molecule has 3 N–H and O–H groups in total. The van der Waals surface area contributed by atoms with E-state index in [1.165, 1.54) is 12.8 Å². The highest BCUT2D eigenvalue weighted by Gasteiger charge is 2.45. The minimum Gasteiger partial charge on any atom is -0.487 e. The fourth-order valence-electron chi connectivity index (χ4n) is 4.67. The predicted octanol–water partition coefficient (Wildman–Crippen LogP) is 2.69. The van der Waals surface area contributed by atoms with Crippen LogP contribution in [0.2, 0.25) is 0 Å². The molecule has 2 aliphatic heterocycles. The summed E-state index contributed by atoms with van der Waals surface area (Å²) >= 11 is 0. The molecular weight excluding hydrogens is 316 g/mol. The minimum absolute atomic E-state index is 0.00169. The lowest BCUT2D eigenvalue weighted by Crippen LogP contribution is -2.52. The molecule has 1 saturated heterocycles. The first-order valence-corrected chi connectivity index (χ1v) is 9.53. The van der Waals surface area contributed by atoms with Crippen molar-refractivity contribution in [2.24, 2.45) is 11.1 Å². The maximum Gasteiger partial charge on any atom is 0.228 e. The molecule has 1 aromatic rings. The Kier molecular flexibility index (Phi) is 4.46. The van der Waals surface area contributed by atoms with E-state index in [-0.39, 0.29) is 17.6 Å². The van der Waals surface area contributed by atoms with Gasteiger partial charge in [0.25, 0.3) is 0 Å². The van der Waals surface area contributed by atoms with Gasteiger partial charge >= 0.3 is 0 Å². The molecule has 5 heteroatoms. The molecule has 1 spiro atoms. The van der Waals surface area contributed by atoms with Gasteiger partial charge in [-0.15, -0.1) is 0 Å². The van der Waals surface area contributed by atoms with Gasteiger partial charge in [-0.25, -0.2) is 0 Å². The molecule has 2 fully saturated rings. The number of carbonyl (C=O) groups is 1. The molecule has 0 bridgehead atoms. The molecule has 3 aliphatic rings. The van der Waals surface area contributed by atoms with Crippen LogP contribution in [0.4, 0.5) is 0 Å². The van der Waals surface area contributed by atoms with Crippen molar-refractivity contribution in [3.05, 3.63) is 29.8 Å². The molecule has 5 nitrogen and oxygen atoms in total. The second kappa shape index (κ2) is 6.61. The van der Waals surface area contributed by atoms with Crippen molar-refractivity contribution < 1.29 is 14.3 Å². The molecule has 0 aromatic heterocycles. The Labute approximate surface area is 149 Å². The van der Waals surface area contributed by atoms with E-state index >= 15 is 0 Å². The summed E-state index contributed by atoms with van der Waals surface area (Å²) in [6.45, 7) is 1.59. The molecule has 136 valence electrons. The van der Waals surface area contributed by atoms with E-state index in [2.05, 4.69) is 11.4 Å². The highest BCUT2D eigenvalue weighted by molar-refractivity contribution is 5.83. The largest absolute Gasteiger partial charge is 0.487 e. The van der Waals surface area contributed by atoms with Gasteiger partial charge < -0.3 is 20.5 Å². The van der Waals surface area contributed by atoms with Gasteiger partial charge in [0.05, 0.1) is 11.5 Å². The first kappa shape index (κ1) is 16.9. The lowest BCUT2D eigenvalue weighted by Gasteiger charge is -2.42. The number of benzene rings is 1. The standard InChI is InChI=1S/C20H28N2O3/c21-14-19(9-11-24-12-10-19)18(23)22-16-13-20(7-3-4-8-20)25-17-6-2-1-5-15(16)17/h1-2,5-6,16H,3-4,7-14,21H2,(H,22,23). The third-order valence-electron chi connectivity index (χ3n) is 6.34. The Hall–Kier alpha value is -1.59. The van der Waals surface area contributed by atoms with Gasteiger partial charge in [-0.3, -0.25) is 4.79 Å². The Balaban J connectivity index is 1.59. The lowest BCUT2D eigenvalue weighted by atomic mass is 9.78. The molecule has 1 aromatic carbocycles. The molecule has 1 saturated carbocycles. The fourth-order valence-corrected chi connectivity index (χ4v) is 4.67. The number of hydrogen-bond acceptors (Lipinski definition) is 4. The van der Waals surface area contributed by atoms with Crippen molar-refractivity contribution in [3.63, 3.8) is 0 Å². The zero-order chi connectivity index (χ0) is 17.3. The number of hydrogen-bond donors (Lipinski definition) is 2. The van der Waals surface area contributed by atoms with Gasteiger partial charge in [0.15, 0.2) is 0 Å².